The number of nitrogens with zero attached hydrogens (tertiary/aromatic N) is 1. The number of fused-ring (bicyclic) bond motifs is 6. The first-order valence-corrected chi connectivity index (χ1v) is 30.6. The van der Waals surface area contributed by atoms with Crippen molar-refractivity contribution in [3.63, 3.8) is 0 Å². The van der Waals surface area contributed by atoms with Gasteiger partial charge in [-0.1, -0.05) is 177 Å². The van der Waals surface area contributed by atoms with Gasteiger partial charge in [-0.05, 0) is 192 Å². The molecule has 0 aliphatic heterocycles. The second-order valence-corrected chi connectivity index (χ2v) is 23.5. The molecule has 15 rings (SSSR count). The van der Waals surface area contributed by atoms with Crippen LogP contribution in [0.3, 0.4) is 0 Å². The molecule has 0 aromatic heterocycles. The molecule has 96 heavy (non-hydrogen) atoms. The zero-order valence-electron chi connectivity index (χ0n) is 50.6. The topological polar surface area (TPSA) is 21.7 Å². The maximum absolute atomic E-state index is 17.4. The van der Waals surface area contributed by atoms with E-state index in [4.69, 9.17) is 9.47 Å². The molecule has 0 N–H and O–H groups in total. The van der Waals surface area contributed by atoms with Crippen molar-refractivity contribution in [1.29, 1.82) is 0 Å². The number of anilines is 3. The van der Waals surface area contributed by atoms with E-state index in [0.717, 1.165) is 33.4 Å². The highest BCUT2D eigenvalue weighted by Gasteiger charge is 2.53. The normalized spacial score (nSPS) is 14.9. The van der Waals surface area contributed by atoms with Crippen molar-refractivity contribution in [2.75, 3.05) is 4.90 Å². The van der Waals surface area contributed by atoms with Crippen LogP contribution >= 0.6 is 0 Å². The molecule has 13 aromatic carbocycles. The van der Waals surface area contributed by atoms with Gasteiger partial charge in [-0.2, -0.15) is 0 Å². The van der Waals surface area contributed by atoms with Crippen LogP contribution in [0.25, 0.3) is 56.7 Å². The van der Waals surface area contributed by atoms with Gasteiger partial charge >= 0.3 is 0 Å². The fourth-order valence-electron chi connectivity index (χ4n) is 14.0. The SMILES string of the molecule is C=Cc1ccc(Oc2ccc(C3(c4c(F)c(F)cc(F)c4F)c4ccccc4-c4ccc(N(c5ccc(-c6cccc(-c7ccc(F)cc7)c6)cc5)c5ccc6c(c5)C(c5ccc(Oc7ccc(C=C)cc7)cc5)(c5c(F)c(F)cc(F)c5F)c5ccccc5-6)cc43)cc2)cc1. The van der Waals surface area contributed by atoms with Gasteiger partial charge in [0.1, 0.15) is 28.8 Å². The lowest BCUT2D eigenvalue weighted by molar-refractivity contribution is 0.426. The van der Waals surface area contributed by atoms with Crippen LogP contribution in [0.15, 0.2) is 280 Å². The lowest BCUT2D eigenvalue weighted by Gasteiger charge is -2.36. The third kappa shape index (κ3) is 9.86. The Hall–Kier alpha value is -11.9. The largest absolute Gasteiger partial charge is 0.457 e. The molecule has 3 nitrogen and oxygen atoms in total. The molecule has 0 radical (unpaired) electrons. The molecule has 2 aliphatic rings. The fourth-order valence-corrected chi connectivity index (χ4v) is 14.0. The zero-order chi connectivity index (χ0) is 66.1. The summed E-state index contributed by atoms with van der Waals surface area (Å²) in [6, 6.07) is 72.8. The average Bonchev–Trinajstić information content (AvgIpc) is 1.50. The molecule has 2 atom stereocenters. The standard InChI is InChI=1S/C84H50F9NO2/c1-3-49-16-34-61(35-17-49)95-63-38-24-55(25-39-63)83(77-79(90)73(86)47-74(87)80(77)91)69-14-7-5-12-65(69)67-42-32-59(45-71(67)83)94(58-30-22-52(23-31-58)54-11-9-10-53(44-54)51-20-28-57(85)29-21-51)60-33-43-68-66-13-6-8-15-70(66)84(72(68)46-60,78-81(92)75(88)48-76(89)82(78)93)56-26-40-64(41-27-56)96-62-36-18-50(4-2)19-37-62/h3-48H,1-2H2. The van der Waals surface area contributed by atoms with Crippen molar-refractivity contribution in [3.8, 4) is 67.5 Å². The zero-order valence-corrected chi connectivity index (χ0v) is 50.6. The summed E-state index contributed by atoms with van der Waals surface area (Å²) in [5, 5.41) is 0. The summed E-state index contributed by atoms with van der Waals surface area (Å²) in [6.07, 6.45) is 3.37. The minimum Gasteiger partial charge on any atom is -0.457 e. The van der Waals surface area contributed by atoms with Gasteiger partial charge in [0.05, 0.1) is 10.8 Å². The average molecular weight is 1280 g/mol. The van der Waals surface area contributed by atoms with Gasteiger partial charge in [-0.3, -0.25) is 0 Å². The van der Waals surface area contributed by atoms with Crippen LogP contribution in [0, 0.1) is 52.4 Å². The van der Waals surface area contributed by atoms with E-state index in [9.17, 15) is 4.39 Å². The lowest BCUT2D eigenvalue weighted by Crippen LogP contribution is -2.32. The molecular weight excluding hydrogens is 1230 g/mol. The molecule has 0 bridgehead atoms. The molecule has 2 aliphatic carbocycles. The van der Waals surface area contributed by atoms with Crippen molar-refractivity contribution >= 4 is 29.2 Å². The number of hydrogen-bond acceptors (Lipinski definition) is 3. The molecule has 0 heterocycles. The number of halogens is 9. The molecule has 2 unspecified atom stereocenters. The van der Waals surface area contributed by atoms with E-state index in [1.807, 2.05) is 77.7 Å². The van der Waals surface area contributed by atoms with Crippen molar-refractivity contribution in [2.45, 2.75) is 10.8 Å². The first-order valence-electron chi connectivity index (χ1n) is 30.6. The van der Waals surface area contributed by atoms with E-state index in [2.05, 4.69) is 13.2 Å². The Morgan fingerprint density at radius 2 is 0.635 bits per heavy atom. The van der Waals surface area contributed by atoms with Gasteiger partial charge in [-0.25, -0.2) is 39.5 Å². The van der Waals surface area contributed by atoms with Crippen LogP contribution in [0.4, 0.5) is 56.6 Å². The Morgan fingerprint density at radius 1 is 0.292 bits per heavy atom. The maximum Gasteiger partial charge on any atom is 0.166 e. The van der Waals surface area contributed by atoms with E-state index in [-0.39, 0.29) is 40.2 Å². The Bertz CT molecular complexity index is 4930. The second-order valence-electron chi connectivity index (χ2n) is 23.5. The molecule has 0 amide bonds. The van der Waals surface area contributed by atoms with Gasteiger partial charge in [0.25, 0.3) is 0 Å². The van der Waals surface area contributed by atoms with Gasteiger partial charge in [0.15, 0.2) is 46.5 Å². The summed E-state index contributed by atoms with van der Waals surface area (Å²) in [5.74, 6) is -11.8. The second kappa shape index (κ2) is 23.9. The molecule has 13 aromatic rings. The van der Waals surface area contributed by atoms with E-state index in [1.165, 1.54) is 12.1 Å². The highest BCUT2D eigenvalue weighted by atomic mass is 19.2. The number of rotatable bonds is 15. The summed E-state index contributed by atoms with van der Waals surface area (Å²) >= 11 is 0. The molecule has 0 fully saturated rings. The van der Waals surface area contributed by atoms with Crippen molar-refractivity contribution in [3.05, 3.63) is 388 Å². The van der Waals surface area contributed by atoms with E-state index >= 15 is 35.1 Å². The van der Waals surface area contributed by atoms with Gasteiger partial charge in [-0.15, -0.1) is 0 Å². The Balaban J connectivity index is 0.969. The van der Waals surface area contributed by atoms with E-state index in [1.54, 1.807) is 182 Å². The van der Waals surface area contributed by atoms with Crippen molar-refractivity contribution in [2.24, 2.45) is 0 Å². The lowest BCUT2D eigenvalue weighted by atomic mass is 9.67. The molecule has 0 saturated carbocycles. The van der Waals surface area contributed by atoms with Crippen molar-refractivity contribution < 1.29 is 49.0 Å². The predicted molar refractivity (Wildman–Crippen MR) is 359 cm³/mol. The summed E-state index contributed by atoms with van der Waals surface area (Å²) in [7, 11) is 0. The quantitative estimate of drug-likeness (QED) is 0.0754. The Kier molecular flexibility index (Phi) is 15.0. The molecular formula is C84H50F9NO2. The van der Waals surface area contributed by atoms with Crippen LogP contribution in [-0.4, -0.2) is 0 Å². The maximum atomic E-state index is 17.4. The number of ether oxygens (including phenoxy) is 2. The molecule has 12 heteroatoms. The van der Waals surface area contributed by atoms with Crippen LogP contribution in [0.5, 0.6) is 23.0 Å². The highest BCUT2D eigenvalue weighted by Crippen LogP contribution is 2.61. The minimum absolute atomic E-state index is 0.174. The first kappa shape index (κ1) is 60.4. The van der Waals surface area contributed by atoms with Crippen LogP contribution in [0.2, 0.25) is 0 Å². The summed E-state index contributed by atoms with van der Waals surface area (Å²) in [6.45, 7) is 7.64. The first-order chi connectivity index (χ1) is 46.7. The Morgan fingerprint density at radius 3 is 1.02 bits per heavy atom. The van der Waals surface area contributed by atoms with Gasteiger partial charge < -0.3 is 14.4 Å². The van der Waals surface area contributed by atoms with Crippen LogP contribution < -0.4 is 14.4 Å². The fraction of sp³-hybridized carbons (Fsp3) is 0.0238. The van der Waals surface area contributed by atoms with E-state index < -0.39 is 68.5 Å². The highest BCUT2D eigenvalue weighted by molar-refractivity contribution is 5.93. The summed E-state index contributed by atoms with van der Waals surface area (Å²) in [4.78, 5) is 1.81. The summed E-state index contributed by atoms with van der Waals surface area (Å²) in [5.41, 5.74) is 3.13. The van der Waals surface area contributed by atoms with Crippen LogP contribution in [0.1, 0.15) is 55.6 Å². The van der Waals surface area contributed by atoms with Gasteiger partial charge in [0.2, 0.25) is 0 Å². The van der Waals surface area contributed by atoms with Crippen molar-refractivity contribution in [1.82, 2.24) is 0 Å². The number of benzene rings is 13. The molecule has 0 spiro atoms. The third-order valence-electron chi connectivity index (χ3n) is 18.3. The third-order valence-corrected chi connectivity index (χ3v) is 18.3. The van der Waals surface area contributed by atoms with E-state index in [0.29, 0.717) is 73.4 Å². The molecule has 0 saturated heterocycles. The van der Waals surface area contributed by atoms with Crippen LogP contribution in [-0.2, 0) is 10.8 Å². The Labute approximate surface area is 546 Å². The monoisotopic (exact) mass is 1280 g/mol. The predicted octanol–water partition coefficient (Wildman–Crippen LogP) is 23.3. The van der Waals surface area contributed by atoms with Gasteiger partial charge in [0, 0.05) is 40.3 Å². The smallest absolute Gasteiger partial charge is 0.166 e. The summed E-state index contributed by atoms with van der Waals surface area (Å²) < 4.78 is 161. The number of hydrogen-bond donors (Lipinski definition) is 0. The minimum atomic E-state index is -2.15. The molecule has 466 valence electrons.